The number of benzene rings is 4. The fourth-order valence-corrected chi connectivity index (χ4v) is 6.77. The van der Waals surface area contributed by atoms with Crippen molar-refractivity contribution >= 4 is 39.1 Å². The van der Waals surface area contributed by atoms with Gasteiger partial charge in [-0.05, 0) is 74.2 Å². The van der Waals surface area contributed by atoms with E-state index >= 15 is 0 Å². The molecule has 7 nitrogen and oxygen atoms in total. The first-order valence-electron chi connectivity index (χ1n) is 15.0. The molecule has 0 spiro atoms. The molecule has 236 valence electrons. The molecule has 0 aliphatic rings. The summed E-state index contributed by atoms with van der Waals surface area (Å²) in [6.45, 7) is 7.62. The number of nitrogens with one attached hydrogen (secondary N) is 1. The molecular formula is C36H40ClN3O4S. The van der Waals surface area contributed by atoms with E-state index in [2.05, 4.69) is 5.32 Å². The lowest BCUT2D eigenvalue weighted by molar-refractivity contribution is -0.140. The number of nitrogens with zero attached hydrogens (tertiary/aromatic N) is 2. The van der Waals surface area contributed by atoms with E-state index in [9.17, 15) is 18.0 Å². The van der Waals surface area contributed by atoms with Crippen molar-refractivity contribution in [1.82, 2.24) is 10.2 Å². The molecule has 45 heavy (non-hydrogen) atoms. The molecule has 0 aliphatic heterocycles. The number of rotatable bonds is 13. The summed E-state index contributed by atoms with van der Waals surface area (Å²) in [7, 11) is -4.19. The molecule has 1 N–H and O–H groups in total. The van der Waals surface area contributed by atoms with Crippen molar-refractivity contribution < 1.29 is 18.0 Å². The lowest BCUT2D eigenvalue weighted by Gasteiger charge is -2.34. The molecule has 1 atom stereocenters. The van der Waals surface area contributed by atoms with Crippen molar-refractivity contribution in [3.8, 4) is 0 Å². The predicted molar refractivity (Wildman–Crippen MR) is 181 cm³/mol. The number of carbonyl (C=O) groups is 2. The highest BCUT2D eigenvalue weighted by Gasteiger charge is 2.35. The van der Waals surface area contributed by atoms with Gasteiger partial charge in [0.05, 0.1) is 10.6 Å². The highest BCUT2D eigenvalue weighted by molar-refractivity contribution is 7.92. The van der Waals surface area contributed by atoms with Gasteiger partial charge in [0.25, 0.3) is 10.0 Å². The Bertz CT molecular complexity index is 1710. The Hall–Kier alpha value is -4.14. The van der Waals surface area contributed by atoms with E-state index in [0.717, 1.165) is 33.0 Å². The largest absolute Gasteiger partial charge is 0.354 e. The van der Waals surface area contributed by atoms with E-state index in [-0.39, 0.29) is 23.8 Å². The summed E-state index contributed by atoms with van der Waals surface area (Å²) in [5.74, 6) is -0.801. The van der Waals surface area contributed by atoms with Gasteiger partial charge in [0.1, 0.15) is 12.6 Å². The van der Waals surface area contributed by atoms with E-state index in [4.69, 9.17) is 11.6 Å². The van der Waals surface area contributed by atoms with Crippen LogP contribution in [0.4, 0.5) is 5.69 Å². The maximum Gasteiger partial charge on any atom is 0.264 e. The van der Waals surface area contributed by atoms with E-state index in [1.54, 1.807) is 37.3 Å². The third kappa shape index (κ3) is 8.74. The molecule has 0 aliphatic carbocycles. The number of hydrogen-bond donors (Lipinski definition) is 1. The number of halogens is 1. The average molecular weight is 646 g/mol. The zero-order valence-corrected chi connectivity index (χ0v) is 27.7. The van der Waals surface area contributed by atoms with Gasteiger partial charge in [-0.2, -0.15) is 0 Å². The first-order valence-corrected chi connectivity index (χ1v) is 16.8. The topological polar surface area (TPSA) is 86.8 Å². The molecular weight excluding hydrogens is 606 g/mol. The number of sulfonamides is 1. The van der Waals surface area contributed by atoms with E-state index < -0.39 is 28.5 Å². The van der Waals surface area contributed by atoms with Crippen molar-refractivity contribution in [3.63, 3.8) is 0 Å². The summed E-state index contributed by atoms with van der Waals surface area (Å²) < 4.78 is 29.6. The van der Waals surface area contributed by atoms with Crippen LogP contribution in [0.15, 0.2) is 102 Å². The molecule has 0 saturated heterocycles. The SMILES string of the molecule is CCCNC(=O)C(Cc1ccccc1)N(Cc1ccc(C)cc1)C(=O)CN(c1ccc(Cl)cc1C)S(=O)(=O)c1ccc(C)cc1. The minimum absolute atomic E-state index is 0.0573. The van der Waals surface area contributed by atoms with Crippen molar-refractivity contribution in [2.45, 2.75) is 58.0 Å². The van der Waals surface area contributed by atoms with Gasteiger partial charge >= 0.3 is 0 Å². The van der Waals surface area contributed by atoms with E-state index in [1.807, 2.05) is 75.4 Å². The highest BCUT2D eigenvalue weighted by Crippen LogP contribution is 2.30. The molecule has 0 heterocycles. The van der Waals surface area contributed by atoms with Crippen LogP contribution >= 0.6 is 11.6 Å². The Morgan fingerprint density at radius 2 is 1.44 bits per heavy atom. The smallest absolute Gasteiger partial charge is 0.264 e. The number of carbonyl (C=O) groups excluding carboxylic acids is 2. The van der Waals surface area contributed by atoms with Gasteiger partial charge in [-0.3, -0.25) is 13.9 Å². The van der Waals surface area contributed by atoms with E-state index in [1.165, 1.54) is 17.0 Å². The number of aryl methyl sites for hydroxylation is 3. The molecule has 0 radical (unpaired) electrons. The monoisotopic (exact) mass is 645 g/mol. The maximum absolute atomic E-state index is 14.5. The fraction of sp³-hybridized carbons (Fsp3) is 0.278. The van der Waals surface area contributed by atoms with Crippen LogP contribution in [0.2, 0.25) is 5.02 Å². The standard InChI is InChI=1S/C36H40ClN3O4S/c1-5-21-38-36(42)34(23-29-9-7-6-8-10-29)39(24-30-15-11-26(2)12-16-30)35(41)25-40(33-20-17-31(37)22-28(33)4)45(43,44)32-18-13-27(3)14-19-32/h6-20,22,34H,5,21,23-25H2,1-4H3,(H,38,42). The van der Waals surface area contributed by atoms with Gasteiger partial charge in [-0.1, -0.05) is 96.4 Å². The molecule has 1 unspecified atom stereocenters. The molecule has 0 aromatic heterocycles. The number of hydrogen-bond acceptors (Lipinski definition) is 4. The predicted octanol–water partition coefficient (Wildman–Crippen LogP) is 6.63. The van der Waals surface area contributed by atoms with Gasteiger partial charge in [0.2, 0.25) is 11.8 Å². The Labute approximate surface area is 271 Å². The van der Waals surface area contributed by atoms with Gasteiger partial charge in [-0.15, -0.1) is 0 Å². The molecule has 2 amide bonds. The quantitative estimate of drug-likeness (QED) is 0.177. The van der Waals surface area contributed by atoms with Gasteiger partial charge in [0.15, 0.2) is 0 Å². The van der Waals surface area contributed by atoms with Gasteiger partial charge < -0.3 is 10.2 Å². The molecule has 4 aromatic carbocycles. The van der Waals surface area contributed by atoms with Crippen LogP contribution in [-0.2, 0) is 32.6 Å². The maximum atomic E-state index is 14.5. The highest BCUT2D eigenvalue weighted by atomic mass is 35.5. The first-order chi connectivity index (χ1) is 21.5. The van der Waals surface area contributed by atoms with Crippen LogP contribution in [0.3, 0.4) is 0 Å². The lowest BCUT2D eigenvalue weighted by atomic mass is 10.0. The van der Waals surface area contributed by atoms with Gasteiger partial charge in [0, 0.05) is 24.5 Å². The van der Waals surface area contributed by atoms with Crippen molar-refractivity contribution in [1.29, 1.82) is 0 Å². The molecule has 4 aromatic rings. The summed E-state index contributed by atoms with van der Waals surface area (Å²) in [6, 6.07) is 27.8. The Morgan fingerprint density at radius 1 is 0.822 bits per heavy atom. The second-order valence-corrected chi connectivity index (χ2v) is 13.6. The fourth-order valence-electron chi connectivity index (χ4n) is 5.06. The second kappa shape index (κ2) is 15.2. The number of amides is 2. The molecule has 0 bridgehead atoms. The third-order valence-corrected chi connectivity index (χ3v) is 9.62. The number of anilines is 1. The molecule has 4 rings (SSSR count). The van der Waals surface area contributed by atoms with Crippen LogP contribution in [0.25, 0.3) is 0 Å². The molecule has 0 saturated carbocycles. The summed E-state index contributed by atoms with van der Waals surface area (Å²) in [4.78, 5) is 29.8. The summed E-state index contributed by atoms with van der Waals surface area (Å²) in [5.41, 5.74) is 4.60. The zero-order valence-electron chi connectivity index (χ0n) is 26.2. The van der Waals surface area contributed by atoms with Crippen molar-refractivity contribution in [2.24, 2.45) is 0 Å². The summed E-state index contributed by atoms with van der Waals surface area (Å²) >= 11 is 6.24. The first kappa shape index (κ1) is 33.7. The Morgan fingerprint density at radius 3 is 2.04 bits per heavy atom. The lowest BCUT2D eigenvalue weighted by Crippen LogP contribution is -2.53. The molecule has 0 fully saturated rings. The average Bonchev–Trinajstić information content (AvgIpc) is 3.02. The summed E-state index contributed by atoms with van der Waals surface area (Å²) in [6.07, 6.45) is 0.993. The minimum atomic E-state index is -4.19. The van der Waals surface area contributed by atoms with E-state index in [0.29, 0.717) is 22.8 Å². The Balaban J connectivity index is 1.81. The van der Waals surface area contributed by atoms with Crippen molar-refractivity contribution in [3.05, 3.63) is 130 Å². The minimum Gasteiger partial charge on any atom is -0.354 e. The zero-order chi connectivity index (χ0) is 32.6. The Kier molecular flexibility index (Phi) is 11.4. The molecule has 9 heteroatoms. The van der Waals surface area contributed by atoms with Crippen LogP contribution < -0.4 is 9.62 Å². The van der Waals surface area contributed by atoms with Crippen LogP contribution in [0.5, 0.6) is 0 Å². The normalized spacial score (nSPS) is 11.9. The van der Waals surface area contributed by atoms with Crippen LogP contribution in [0.1, 0.15) is 41.2 Å². The third-order valence-electron chi connectivity index (χ3n) is 7.61. The van der Waals surface area contributed by atoms with Crippen molar-refractivity contribution in [2.75, 3.05) is 17.4 Å². The van der Waals surface area contributed by atoms with Gasteiger partial charge in [-0.25, -0.2) is 8.42 Å². The van der Waals surface area contributed by atoms with Crippen LogP contribution in [-0.4, -0.2) is 44.3 Å². The second-order valence-electron chi connectivity index (χ2n) is 11.3. The summed E-state index contributed by atoms with van der Waals surface area (Å²) in [5, 5.41) is 3.42. The van der Waals surface area contributed by atoms with Crippen LogP contribution in [0, 0.1) is 20.8 Å².